The summed E-state index contributed by atoms with van der Waals surface area (Å²) in [7, 11) is 0. The molecule has 0 radical (unpaired) electrons. The summed E-state index contributed by atoms with van der Waals surface area (Å²) in [4.78, 5) is 12.2. The van der Waals surface area contributed by atoms with Gasteiger partial charge in [-0.05, 0) is 55.2 Å². The van der Waals surface area contributed by atoms with Crippen LogP contribution in [0.25, 0.3) is 0 Å². The molecule has 116 valence electrons. The molecule has 2 aromatic carbocycles. The van der Waals surface area contributed by atoms with Crippen molar-refractivity contribution < 1.29 is 9.90 Å². The zero-order valence-corrected chi connectivity index (χ0v) is 13.7. The first-order valence-electron chi connectivity index (χ1n) is 7.18. The Balaban J connectivity index is 2.07. The monoisotopic (exact) mass is 317 g/mol. The molecule has 4 heteroatoms. The van der Waals surface area contributed by atoms with E-state index >= 15 is 0 Å². The van der Waals surface area contributed by atoms with Crippen molar-refractivity contribution in [3.63, 3.8) is 0 Å². The molecule has 2 rings (SSSR count). The largest absolute Gasteiger partial charge is 0.387 e. The number of aliphatic hydroxyl groups is 1. The van der Waals surface area contributed by atoms with Gasteiger partial charge in [0.1, 0.15) is 0 Å². The average molecular weight is 318 g/mol. The highest BCUT2D eigenvalue weighted by Crippen LogP contribution is 2.21. The summed E-state index contributed by atoms with van der Waals surface area (Å²) in [6.45, 7) is 5.96. The summed E-state index contributed by atoms with van der Waals surface area (Å²) in [5, 5.41) is 13.4. The number of aryl methyl sites for hydroxylation is 3. The van der Waals surface area contributed by atoms with Gasteiger partial charge in [0, 0.05) is 6.54 Å². The van der Waals surface area contributed by atoms with E-state index in [1.807, 2.05) is 45.0 Å². The van der Waals surface area contributed by atoms with Crippen molar-refractivity contribution in [1.82, 2.24) is 5.32 Å². The van der Waals surface area contributed by atoms with Crippen molar-refractivity contribution >= 4 is 17.5 Å². The van der Waals surface area contributed by atoms with E-state index in [1.54, 1.807) is 12.1 Å². The quantitative estimate of drug-likeness (QED) is 0.902. The van der Waals surface area contributed by atoms with Gasteiger partial charge < -0.3 is 10.4 Å². The first-order valence-corrected chi connectivity index (χ1v) is 7.56. The highest BCUT2D eigenvalue weighted by Gasteiger charge is 2.15. The van der Waals surface area contributed by atoms with Crippen LogP contribution in [0.4, 0.5) is 0 Å². The summed E-state index contributed by atoms with van der Waals surface area (Å²) in [5.74, 6) is -0.277. The maximum absolute atomic E-state index is 12.2. The molecule has 0 bridgehead atoms. The Morgan fingerprint density at radius 2 is 1.77 bits per heavy atom. The molecule has 0 heterocycles. The smallest absolute Gasteiger partial charge is 0.252 e. The zero-order valence-electron chi connectivity index (χ0n) is 13.0. The Morgan fingerprint density at radius 3 is 2.45 bits per heavy atom. The van der Waals surface area contributed by atoms with Crippen molar-refractivity contribution in [2.24, 2.45) is 0 Å². The Hall–Kier alpha value is -1.84. The SMILES string of the molecule is Cc1cc(Cl)c(C(=O)NCC(O)c2ccccc2C)cc1C. The Morgan fingerprint density at radius 1 is 1.14 bits per heavy atom. The van der Waals surface area contributed by atoms with E-state index < -0.39 is 6.10 Å². The fourth-order valence-corrected chi connectivity index (χ4v) is 2.61. The van der Waals surface area contributed by atoms with Crippen LogP contribution in [-0.2, 0) is 0 Å². The van der Waals surface area contributed by atoms with Gasteiger partial charge in [0.2, 0.25) is 0 Å². The van der Waals surface area contributed by atoms with E-state index in [1.165, 1.54) is 0 Å². The number of halogens is 1. The number of nitrogens with one attached hydrogen (secondary N) is 1. The molecule has 1 unspecified atom stereocenters. The molecule has 0 aliphatic carbocycles. The van der Waals surface area contributed by atoms with Crippen LogP contribution in [0.2, 0.25) is 5.02 Å². The molecule has 0 aliphatic heterocycles. The van der Waals surface area contributed by atoms with Crippen LogP contribution in [0.3, 0.4) is 0 Å². The number of aliphatic hydroxyl groups excluding tert-OH is 1. The average Bonchev–Trinajstić information content (AvgIpc) is 2.48. The Kier molecular flexibility index (Phi) is 5.22. The lowest BCUT2D eigenvalue weighted by molar-refractivity contribution is 0.0916. The first kappa shape index (κ1) is 16.5. The minimum atomic E-state index is -0.740. The van der Waals surface area contributed by atoms with Crippen molar-refractivity contribution in [2.75, 3.05) is 6.54 Å². The van der Waals surface area contributed by atoms with E-state index in [9.17, 15) is 9.90 Å². The van der Waals surface area contributed by atoms with E-state index in [2.05, 4.69) is 5.32 Å². The molecule has 1 atom stereocenters. The number of benzene rings is 2. The number of carbonyl (C=O) groups is 1. The van der Waals surface area contributed by atoms with Gasteiger partial charge in [0.25, 0.3) is 5.91 Å². The highest BCUT2D eigenvalue weighted by atomic mass is 35.5. The van der Waals surface area contributed by atoms with Gasteiger partial charge in [0.05, 0.1) is 16.7 Å². The van der Waals surface area contributed by atoms with E-state index in [4.69, 9.17) is 11.6 Å². The van der Waals surface area contributed by atoms with Gasteiger partial charge in [-0.15, -0.1) is 0 Å². The molecule has 3 nitrogen and oxygen atoms in total. The van der Waals surface area contributed by atoms with Crippen molar-refractivity contribution in [3.8, 4) is 0 Å². The number of hydrogen-bond acceptors (Lipinski definition) is 2. The lowest BCUT2D eigenvalue weighted by Crippen LogP contribution is -2.29. The maximum Gasteiger partial charge on any atom is 0.252 e. The lowest BCUT2D eigenvalue weighted by atomic mass is 10.0. The van der Waals surface area contributed by atoms with E-state index in [-0.39, 0.29) is 12.5 Å². The van der Waals surface area contributed by atoms with Crippen LogP contribution in [0.5, 0.6) is 0 Å². The summed E-state index contributed by atoms with van der Waals surface area (Å²) < 4.78 is 0. The number of rotatable bonds is 4. The van der Waals surface area contributed by atoms with Gasteiger partial charge in [-0.25, -0.2) is 0 Å². The van der Waals surface area contributed by atoms with Crippen LogP contribution in [0.15, 0.2) is 36.4 Å². The number of amides is 1. The molecule has 0 saturated carbocycles. The second kappa shape index (κ2) is 6.95. The minimum Gasteiger partial charge on any atom is -0.387 e. The van der Waals surface area contributed by atoms with Crippen LogP contribution in [0, 0.1) is 20.8 Å². The second-order valence-electron chi connectivity index (χ2n) is 5.50. The third-order valence-electron chi connectivity index (χ3n) is 3.83. The zero-order chi connectivity index (χ0) is 16.3. The molecule has 2 aromatic rings. The van der Waals surface area contributed by atoms with Gasteiger partial charge >= 0.3 is 0 Å². The van der Waals surface area contributed by atoms with E-state index in [0.717, 1.165) is 22.3 Å². The normalized spacial score (nSPS) is 12.0. The maximum atomic E-state index is 12.2. The molecule has 22 heavy (non-hydrogen) atoms. The molecule has 0 saturated heterocycles. The standard InChI is InChI=1S/C18H20ClNO2/c1-11-6-4-5-7-14(11)17(21)10-20-18(22)15-8-12(2)13(3)9-16(15)19/h4-9,17,21H,10H2,1-3H3,(H,20,22). The summed E-state index contributed by atoms with van der Waals surface area (Å²) in [6, 6.07) is 11.1. The molecular weight excluding hydrogens is 298 g/mol. The third kappa shape index (κ3) is 3.67. The number of hydrogen-bond donors (Lipinski definition) is 2. The number of carbonyl (C=O) groups excluding carboxylic acids is 1. The molecule has 0 aliphatic rings. The fourth-order valence-electron chi connectivity index (χ4n) is 2.31. The third-order valence-corrected chi connectivity index (χ3v) is 4.14. The summed E-state index contributed by atoms with van der Waals surface area (Å²) in [6.07, 6.45) is -0.740. The topological polar surface area (TPSA) is 49.3 Å². The summed E-state index contributed by atoms with van der Waals surface area (Å²) in [5.41, 5.74) is 4.29. The highest BCUT2D eigenvalue weighted by molar-refractivity contribution is 6.34. The predicted octanol–water partition coefficient (Wildman–Crippen LogP) is 3.73. The predicted molar refractivity (Wildman–Crippen MR) is 89.4 cm³/mol. The lowest BCUT2D eigenvalue weighted by Gasteiger charge is -2.15. The Bertz CT molecular complexity index is 697. The van der Waals surface area contributed by atoms with Crippen LogP contribution in [0.1, 0.15) is 38.7 Å². The molecular formula is C18H20ClNO2. The van der Waals surface area contributed by atoms with Crippen LogP contribution < -0.4 is 5.32 Å². The summed E-state index contributed by atoms with van der Waals surface area (Å²) >= 11 is 6.13. The van der Waals surface area contributed by atoms with Gasteiger partial charge in [0.15, 0.2) is 0 Å². The van der Waals surface area contributed by atoms with Crippen LogP contribution in [-0.4, -0.2) is 17.6 Å². The Labute approximate surface area is 135 Å². The van der Waals surface area contributed by atoms with Crippen molar-refractivity contribution in [1.29, 1.82) is 0 Å². The minimum absolute atomic E-state index is 0.146. The van der Waals surface area contributed by atoms with E-state index in [0.29, 0.717) is 10.6 Å². The molecule has 0 fully saturated rings. The molecule has 2 N–H and O–H groups in total. The fraction of sp³-hybridized carbons (Fsp3) is 0.278. The second-order valence-corrected chi connectivity index (χ2v) is 5.91. The first-order chi connectivity index (χ1) is 10.4. The van der Waals surface area contributed by atoms with Gasteiger partial charge in [-0.3, -0.25) is 4.79 Å². The molecule has 1 amide bonds. The van der Waals surface area contributed by atoms with Crippen molar-refractivity contribution in [3.05, 3.63) is 69.2 Å². The molecule has 0 aromatic heterocycles. The van der Waals surface area contributed by atoms with Gasteiger partial charge in [-0.2, -0.15) is 0 Å². The van der Waals surface area contributed by atoms with Crippen molar-refractivity contribution in [2.45, 2.75) is 26.9 Å². The van der Waals surface area contributed by atoms with Crippen LogP contribution >= 0.6 is 11.6 Å². The molecule has 0 spiro atoms. The van der Waals surface area contributed by atoms with Gasteiger partial charge in [-0.1, -0.05) is 35.9 Å².